The number of hydrogen-bond donors (Lipinski definition) is 0. The molecule has 7 heteroatoms. The molecule has 1 aromatic rings. The van der Waals surface area contributed by atoms with E-state index in [9.17, 15) is 22.1 Å². The average Bonchev–Trinajstić information content (AvgIpc) is 2.24. The smallest absolute Gasteiger partial charge is 0.438 e. The summed E-state index contributed by atoms with van der Waals surface area (Å²) in [5.41, 5.74) is -1.58. The first-order chi connectivity index (χ1) is 8.51. The Morgan fingerprint density at radius 2 is 1.58 bits per heavy atom. The molecule has 1 atom stereocenters. The van der Waals surface area contributed by atoms with E-state index >= 15 is 0 Å². The first-order valence-electron chi connectivity index (χ1n) is 5.35. The second kappa shape index (κ2) is 5.50. The normalized spacial score (nSPS) is 15.5. The standard InChI is InChI=1S/C12H13F4NOS/c1-11(2,3)19(18)17-10(12(14,15)16)8-4-6-9(13)7-5-8/h4-7H,1-3H3. The maximum atomic E-state index is 12.9. The summed E-state index contributed by atoms with van der Waals surface area (Å²) in [6, 6.07) is 3.72. The SMILES string of the molecule is CC(C)(C)[S+]([O-])N=C(c1ccc(F)cc1)C(F)(F)F. The molecule has 0 fully saturated rings. The van der Waals surface area contributed by atoms with Crippen molar-refractivity contribution in [3.05, 3.63) is 35.6 Å². The van der Waals surface area contributed by atoms with Gasteiger partial charge in [0.15, 0.2) is 0 Å². The predicted molar refractivity (Wildman–Crippen MR) is 66.9 cm³/mol. The van der Waals surface area contributed by atoms with Gasteiger partial charge >= 0.3 is 6.18 Å². The molecule has 0 aliphatic heterocycles. The van der Waals surface area contributed by atoms with Crippen LogP contribution in [0.1, 0.15) is 26.3 Å². The van der Waals surface area contributed by atoms with E-state index in [0.29, 0.717) is 0 Å². The predicted octanol–water partition coefficient (Wildman–Crippen LogP) is 3.64. The van der Waals surface area contributed by atoms with Crippen LogP contribution >= 0.6 is 0 Å². The van der Waals surface area contributed by atoms with Crippen LogP contribution in [0.2, 0.25) is 0 Å². The van der Waals surface area contributed by atoms with Crippen molar-refractivity contribution in [1.29, 1.82) is 0 Å². The van der Waals surface area contributed by atoms with E-state index in [0.717, 1.165) is 24.3 Å². The van der Waals surface area contributed by atoms with Crippen molar-refractivity contribution in [3.8, 4) is 0 Å². The van der Waals surface area contributed by atoms with Gasteiger partial charge in [-0.2, -0.15) is 13.2 Å². The molecule has 0 saturated heterocycles. The molecule has 1 aromatic carbocycles. The van der Waals surface area contributed by atoms with Crippen LogP contribution in [0.5, 0.6) is 0 Å². The van der Waals surface area contributed by atoms with Crippen LogP contribution in [-0.2, 0) is 11.4 Å². The summed E-state index contributed by atoms with van der Waals surface area (Å²) in [6.07, 6.45) is -4.75. The van der Waals surface area contributed by atoms with Crippen molar-refractivity contribution in [3.63, 3.8) is 0 Å². The Bertz CT molecular complexity index is 462. The lowest BCUT2D eigenvalue weighted by Crippen LogP contribution is -2.31. The molecule has 1 rings (SSSR count). The molecule has 0 aliphatic rings. The van der Waals surface area contributed by atoms with Gasteiger partial charge in [0, 0.05) is 5.56 Å². The number of alkyl halides is 3. The third-order valence-corrected chi connectivity index (χ3v) is 3.48. The topological polar surface area (TPSA) is 35.4 Å². The van der Waals surface area contributed by atoms with Crippen molar-refractivity contribution in [2.24, 2.45) is 4.40 Å². The lowest BCUT2D eigenvalue weighted by atomic mass is 10.1. The van der Waals surface area contributed by atoms with Gasteiger partial charge in [0.1, 0.15) is 21.9 Å². The zero-order valence-corrected chi connectivity index (χ0v) is 11.4. The Hall–Kier alpha value is -1.08. The number of hydrogen-bond acceptors (Lipinski definition) is 2. The van der Waals surface area contributed by atoms with Crippen LogP contribution < -0.4 is 0 Å². The largest absolute Gasteiger partial charge is 0.591 e. The quantitative estimate of drug-likeness (QED) is 0.466. The Kier molecular flexibility index (Phi) is 4.63. The van der Waals surface area contributed by atoms with E-state index in [1.165, 1.54) is 20.8 Å². The summed E-state index contributed by atoms with van der Waals surface area (Å²) in [5.74, 6) is -0.651. The Morgan fingerprint density at radius 1 is 1.11 bits per heavy atom. The van der Waals surface area contributed by atoms with Crippen molar-refractivity contribution in [2.45, 2.75) is 31.7 Å². The molecule has 106 valence electrons. The van der Waals surface area contributed by atoms with Crippen molar-refractivity contribution in [2.75, 3.05) is 0 Å². The molecule has 0 aromatic heterocycles. The Labute approximate surface area is 111 Å². The Balaban J connectivity index is 3.24. The van der Waals surface area contributed by atoms with Gasteiger partial charge in [-0.3, -0.25) is 0 Å². The lowest BCUT2D eigenvalue weighted by molar-refractivity contribution is -0.0578. The fraction of sp³-hybridized carbons (Fsp3) is 0.417. The van der Waals surface area contributed by atoms with Crippen molar-refractivity contribution >= 4 is 17.1 Å². The molecule has 0 spiro atoms. The first-order valence-corrected chi connectivity index (χ1v) is 6.46. The van der Waals surface area contributed by atoms with Crippen molar-refractivity contribution < 1.29 is 22.1 Å². The van der Waals surface area contributed by atoms with Gasteiger partial charge in [-0.25, -0.2) is 4.39 Å². The second-order valence-corrected chi connectivity index (χ2v) is 6.71. The van der Waals surface area contributed by atoms with Gasteiger partial charge in [0.25, 0.3) is 0 Å². The first kappa shape index (κ1) is 16.0. The van der Waals surface area contributed by atoms with Crippen LogP contribution in [0.3, 0.4) is 0 Å². The lowest BCUT2D eigenvalue weighted by Gasteiger charge is -2.20. The van der Waals surface area contributed by atoms with E-state index in [1.807, 2.05) is 0 Å². The highest BCUT2D eigenvalue weighted by Gasteiger charge is 2.41. The summed E-state index contributed by atoms with van der Waals surface area (Å²) < 4.78 is 65.5. The fourth-order valence-corrected chi connectivity index (χ4v) is 1.74. The van der Waals surface area contributed by atoms with Gasteiger partial charge in [0.2, 0.25) is 5.71 Å². The maximum absolute atomic E-state index is 12.9. The van der Waals surface area contributed by atoms with Crippen LogP contribution in [0.25, 0.3) is 0 Å². The molecule has 0 heterocycles. The minimum absolute atomic E-state index is 0.313. The van der Waals surface area contributed by atoms with Gasteiger partial charge in [-0.15, -0.1) is 0 Å². The van der Waals surface area contributed by atoms with E-state index in [1.54, 1.807) is 0 Å². The summed E-state index contributed by atoms with van der Waals surface area (Å²) in [4.78, 5) is 0. The van der Waals surface area contributed by atoms with E-state index in [-0.39, 0.29) is 5.56 Å². The summed E-state index contributed by atoms with van der Waals surface area (Å²) in [7, 11) is 0. The Morgan fingerprint density at radius 3 is 1.95 bits per heavy atom. The second-order valence-electron chi connectivity index (χ2n) is 4.81. The molecule has 0 saturated carbocycles. The van der Waals surface area contributed by atoms with Crippen LogP contribution in [0, 0.1) is 5.82 Å². The number of nitrogens with zero attached hydrogens (tertiary/aromatic N) is 1. The highest BCUT2D eigenvalue weighted by molar-refractivity contribution is 7.91. The molecular weight excluding hydrogens is 282 g/mol. The zero-order chi connectivity index (χ0) is 14.8. The van der Waals surface area contributed by atoms with Gasteiger partial charge in [0.05, 0.1) is 0 Å². The number of halogens is 4. The van der Waals surface area contributed by atoms with Crippen LogP contribution in [0.15, 0.2) is 28.7 Å². The van der Waals surface area contributed by atoms with Crippen molar-refractivity contribution in [1.82, 2.24) is 0 Å². The summed E-state index contributed by atoms with van der Waals surface area (Å²) >= 11 is -2.05. The van der Waals surface area contributed by atoms with Gasteiger partial charge in [-0.1, -0.05) is 4.40 Å². The molecule has 0 aliphatic carbocycles. The third kappa shape index (κ3) is 4.50. The molecule has 0 amide bonds. The maximum Gasteiger partial charge on any atom is 0.438 e. The summed E-state index contributed by atoms with van der Waals surface area (Å²) in [5, 5.41) is 0. The third-order valence-electron chi connectivity index (χ3n) is 2.08. The minimum atomic E-state index is -4.75. The van der Waals surface area contributed by atoms with Crippen LogP contribution in [0.4, 0.5) is 17.6 Å². The van der Waals surface area contributed by atoms with E-state index in [2.05, 4.69) is 4.40 Å². The van der Waals surface area contributed by atoms with E-state index in [4.69, 9.17) is 0 Å². The summed E-state index contributed by atoms with van der Waals surface area (Å²) in [6.45, 7) is 4.56. The fourth-order valence-electron chi connectivity index (χ4n) is 1.10. The molecule has 1 unspecified atom stereocenters. The molecule has 2 nitrogen and oxygen atoms in total. The van der Waals surface area contributed by atoms with Gasteiger partial charge in [-0.05, 0) is 45.0 Å². The monoisotopic (exact) mass is 295 g/mol. The molecule has 0 N–H and O–H groups in total. The van der Waals surface area contributed by atoms with Gasteiger partial charge < -0.3 is 4.55 Å². The minimum Gasteiger partial charge on any atom is -0.591 e. The molecule has 19 heavy (non-hydrogen) atoms. The average molecular weight is 295 g/mol. The molecular formula is C12H13F4NOS. The molecule has 0 radical (unpaired) electrons. The number of rotatable bonds is 2. The molecule has 0 bridgehead atoms. The number of benzene rings is 1. The van der Waals surface area contributed by atoms with E-state index < -0.39 is 33.8 Å². The van der Waals surface area contributed by atoms with Crippen LogP contribution in [-0.4, -0.2) is 21.2 Å². The highest BCUT2D eigenvalue weighted by Crippen LogP contribution is 2.26. The highest BCUT2D eigenvalue weighted by atomic mass is 32.2. The zero-order valence-electron chi connectivity index (χ0n) is 10.6.